The van der Waals surface area contributed by atoms with Gasteiger partial charge in [-0.05, 0) is 41.9 Å². The number of rotatable bonds is 4. The monoisotopic (exact) mass is 468 g/mol. The Hall–Kier alpha value is -3.53. The number of benzene rings is 2. The Morgan fingerprint density at radius 3 is 2.48 bits per heavy atom. The molecule has 9 nitrogen and oxygen atoms in total. The van der Waals surface area contributed by atoms with Crippen LogP contribution in [0, 0.1) is 6.92 Å². The van der Waals surface area contributed by atoms with Crippen LogP contribution < -0.4 is 19.7 Å². The van der Waals surface area contributed by atoms with Crippen molar-refractivity contribution in [3.63, 3.8) is 0 Å². The first-order valence-corrected chi connectivity index (χ1v) is 11.0. The molecule has 0 saturated carbocycles. The van der Waals surface area contributed by atoms with Gasteiger partial charge in [-0.2, -0.15) is 5.01 Å². The molecular weight excluding hydrogens is 444 g/mol. The summed E-state index contributed by atoms with van der Waals surface area (Å²) in [7, 11) is 3.11. The van der Waals surface area contributed by atoms with Crippen LogP contribution in [0.3, 0.4) is 0 Å². The van der Waals surface area contributed by atoms with E-state index in [-0.39, 0.29) is 23.5 Å². The van der Waals surface area contributed by atoms with E-state index < -0.39 is 10.8 Å². The molecule has 33 heavy (non-hydrogen) atoms. The predicted octanol–water partition coefficient (Wildman–Crippen LogP) is 2.71. The largest absolute Gasteiger partial charge is 0.493 e. The summed E-state index contributed by atoms with van der Waals surface area (Å²) in [6.07, 6.45) is 0. The van der Waals surface area contributed by atoms with Gasteiger partial charge in [-0.1, -0.05) is 24.3 Å². The van der Waals surface area contributed by atoms with Gasteiger partial charge in [0.2, 0.25) is 16.7 Å². The third-order valence-corrected chi connectivity index (χ3v) is 6.75. The maximum atomic E-state index is 14.0. The number of carbonyl (C=O) groups is 3. The summed E-state index contributed by atoms with van der Waals surface area (Å²) in [4.78, 5) is 38.5. The number of hydrazone groups is 1. The number of methoxy groups -OCH3 is 2. The Morgan fingerprint density at radius 1 is 1.12 bits per heavy atom. The Kier molecular flexibility index (Phi) is 5.79. The molecule has 3 amide bonds. The molecule has 0 saturated heterocycles. The molecule has 2 aromatic carbocycles. The van der Waals surface area contributed by atoms with Gasteiger partial charge in [0.15, 0.2) is 16.7 Å². The molecule has 2 aromatic rings. The maximum absolute atomic E-state index is 14.0. The van der Waals surface area contributed by atoms with E-state index in [1.165, 1.54) is 13.8 Å². The number of ether oxygens (including phenoxy) is 2. The van der Waals surface area contributed by atoms with Crippen molar-refractivity contribution in [2.75, 3.05) is 19.1 Å². The van der Waals surface area contributed by atoms with E-state index in [1.54, 1.807) is 25.2 Å². The summed E-state index contributed by atoms with van der Waals surface area (Å²) in [5.41, 5.74) is 3.08. The lowest BCUT2D eigenvalue weighted by atomic mass is 10.0. The molecule has 172 valence electrons. The molecular formula is C23H24N4O5S. The summed E-state index contributed by atoms with van der Waals surface area (Å²) >= 11 is 1.06. The average molecular weight is 469 g/mol. The third kappa shape index (κ3) is 3.60. The second-order valence-corrected chi connectivity index (χ2v) is 8.90. The molecule has 1 N–H and O–H groups in total. The van der Waals surface area contributed by atoms with Gasteiger partial charge in [-0.3, -0.25) is 14.4 Å². The van der Waals surface area contributed by atoms with E-state index in [4.69, 9.17) is 9.47 Å². The van der Waals surface area contributed by atoms with E-state index in [0.29, 0.717) is 17.1 Å². The van der Waals surface area contributed by atoms with E-state index in [2.05, 4.69) is 10.4 Å². The van der Waals surface area contributed by atoms with Gasteiger partial charge in [0.1, 0.15) is 0 Å². The number of thioether (sulfide) groups is 1. The second-order valence-electron chi connectivity index (χ2n) is 7.71. The lowest BCUT2D eigenvalue weighted by molar-refractivity contribution is -0.139. The fraction of sp³-hybridized carbons (Fsp3) is 0.304. The lowest BCUT2D eigenvalue weighted by Gasteiger charge is -2.29. The van der Waals surface area contributed by atoms with E-state index in [1.807, 2.05) is 37.3 Å². The number of nitrogens with zero attached hydrogens (tertiary/aromatic N) is 3. The molecule has 2 aliphatic rings. The fourth-order valence-corrected chi connectivity index (χ4v) is 5.49. The highest BCUT2D eigenvalue weighted by atomic mass is 32.2. The number of nitrogens with one attached hydrogen (secondary N) is 1. The first-order chi connectivity index (χ1) is 15.7. The van der Waals surface area contributed by atoms with E-state index in [9.17, 15) is 14.4 Å². The number of hydrogen-bond donors (Lipinski definition) is 1. The van der Waals surface area contributed by atoms with E-state index in [0.717, 1.165) is 33.6 Å². The average Bonchev–Trinajstić information content (AvgIpc) is 3.26. The molecule has 0 fully saturated rings. The Balaban J connectivity index is 1.81. The van der Waals surface area contributed by atoms with Crippen molar-refractivity contribution in [2.45, 2.75) is 32.2 Å². The van der Waals surface area contributed by atoms with Crippen molar-refractivity contribution in [1.82, 2.24) is 10.3 Å². The van der Waals surface area contributed by atoms with Crippen LogP contribution in [-0.4, -0.2) is 42.1 Å². The lowest BCUT2D eigenvalue weighted by Crippen LogP contribution is -2.48. The van der Waals surface area contributed by atoms with Gasteiger partial charge in [0.25, 0.3) is 5.91 Å². The van der Waals surface area contributed by atoms with Gasteiger partial charge >= 0.3 is 0 Å². The van der Waals surface area contributed by atoms with Crippen LogP contribution in [0.1, 0.15) is 30.5 Å². The number of amidine groups is 1. The highest BCUT2D eigenvalue weighted by Crippen LogP contribution is 2.55. The molecule has 0 aliphatic carbocycles. The molecule has 4 rings (SSSR count). The van der Waals surface area contributed by atoms with Crippen LogP contribution in [0.15, 0.2) is 41.5 Å². The van der Waals surface area contributed by atoms with Crippen molar-refractivity contribution in [2.24, 2.45) is 5.10 Å². The van der Waals surface area contributed by atoms with Crippen LogP contribution in [0.5, 0.6) is 11.5 Å². The number of amides is 3. The van der Waals surface area contributed by atoms with Crippen LogP contribution >= 0.6 is 11.8 Å². The van der Waals surface area contributed by atoms with Crippen molar-refractivity contribution in [3.8, 4) is 11.5 Å². The molecule has 2 aliphatic heterocycles. The molecule has 10 heteroatoms. The fourth-order valence-electron chi connectivity index (χ4n) is 4.16. The number of para-hydroxylation sites is 1. The highest BCUT2D eigenvalue weighted by Gasteiger charge is 2.61. The number of anilines is 1. The molecule has 1 spiro atoms. The predicted molar refractivity (Wildman–Crippen MR) is 125 cm³/mol. The van der Waals surface area contributed by atoms with Crippen molar-refractivity contribution in [3.05, 3.63) is 53.1 Å². The minimum absolute atomic E-state index is 0.200. The summed E-state index contributed by atoms with van der Waals surface area (Å²) in [6.45, 7) is 4.87. The van der Waals surface area contributed by atoms with Gasteiger partial charge in [-0.15, -0.1) is 5.10 Å². The number of hydrogen-bond acceptors (Lipinski definition) is 7. The number of carbonyl (C=O) groups excluding carboxylic acids is 3. The molecule has 2 heterocycles. The van der Waals surface area contributed by atoms with Crippen molar-refractivity contribution >= 4 is 40.3 Å². The topological polar surface area (TPSA) is 101 Å². The minimum Gasteiger partial charge on any atom is -0.493 e. The number of aryl methyl sites for hydroxylation is 1. The van der Waals surface area contributed by atoms with Crippen LogP contribution in [0.25, 0.3) is 0 Å². The van der Waals surface area contributed by atoms with Crippen molar-refractivity contribution in [1.29, 1.82) is 0 Å². The SMILES string of the molecule is COc1ccc(CN2C(=O)C3(SC(NC(C)=O)=NN3C(C)=O)c3cccc(C)c32)cc1OC. The zero-order chi connectivity index (χ0) is 23.9. The third-order valence-electron chi connectivity index (χ3n) is 5.51. The summed E-state index contributed by atoms with van der Waals surface area (Å²) in [6, 6.07) is 11.1. The summed E-state index contributed by atoms with van der Waals surface area (Å²) in [5, 5.41) is 8.26. The van der Waals surface area contributed by atoms with Crippen LogP contribution in [0.2, 0.25) is 0 Å². The Bertz CT molecular complexity index is 1200. The van der Waals surface area contributed by atoms with Gasteiger partial charge in [0, 0.05) is 19.4 Å². The quantitative estimate of drug-likeness (QED) is 0.741. The Labute approximate surface area is 195 Å². The smallest absolute Gasteiger partial charge is 0.271 e. The summed E-state index contributed by atoms with van der Waals surface area (Å²) < 4.78 is 10.7. The molecule has 1 atom stereocenters. The maximum Gasteiger partial charge on any atom is 0.271 e. The zero-order valence-electron chi connectivity index (χ0n) is 19.0. The van der Waals surface area contributed by atoms with E-state index >= 15 is 0 Å². The zero-order valence-corrected chi connectivity index (χ0v) is 19.8. The molecule has 0 aromatic heterocycles. The van der Waals surface area contributed by atoms with Gasteiger partial charge in [-0.25, -0.2) is 0 Å². The Morgan fingerprint density at radius 2 is 1.85 bits per heavy atom. The van der Waals surface area contributed by atoms with Gasteiger partial charge < -0.3 is 19.7 Å². The van der Waals surface area contributed by atoms with Crippen LogP contribution in [0.4, 0.5) is 5.69 Å². The summed E-state index contributed by atoms with van der Waals surface area (Å²) in [5.74, 6) is 0.0872. The first-order valence-electron chi connectivity index (χ1n) is 10.2. The van der Waals surface area contributed by atoms with Crippen LogP contribution in [-0.2, 0) is 25.8 Å². The molecule has 0 bridgehead atoms. The van der Waals surface area contributed by atoms with Crippen molar-refractivity contribution < 1.29 is 23.9 Å². The van der Waals surface area contributed by atoms with Gasteiger partial charge in [0.05, 0.1) is 26.5 Å². The normalized spacial score (nSPS) is 18.9. The molecule has 1 unspecified atom stereocenters. The second kappa shape index (κ2) is 8.43. The minimum atomic E-state index is -1.43. The molecule has 0 radical (unpaired) electrons. The number of fused-ring (bicyclic) bond motifs is 2. The first kappa shape index (κ1) is 22.7. The highest BCUT2D eigenvalue weighted by molar-refractivity contribution is 8.15. The standard InChI is InChI=1S/C23H24N4O5S/c1-13-7-6-8-17-20(13)26(12-16-9-10-18(31-4)19(11-16)32-5)21(30)23(17)27(15(3)29)25-22(33-23)24-14(2)28/h6-11H,12H2,1-5H3,(H,24,25,28).